The second-order valence-corrected chi connectivity index (χ2v) is 4.49. The summed E-state index contributed by atoms with van der Waals surface area (Å²) in [6.45, 7) is 6.07. The van der Waals surface area contributed by atoms with Gasteiger partial charge in [0.2, 0.25) is 0 Å². The third-order valence-electron chi connectivity index (χ3n) is 3.32. The Bertz CT molecular complexity index is 564. The topological polar surface area (TPSA) is 46.6 Å². The SMILES string of the molecule is C=C(N)c1cnn2ccc(N3CCCC3)cc12. The van der Waals surface area contributed by atoms with E-state index in [1.807, 2.05) is 10.7 Å². The van der Waals surface area contributed by atoms with E-state index in [2.05, 4.69) is 28.7 Å². The summed E-state index contributed by atoms with van der Waals surface area (Å²) in [7, 11) is 0. The van der Waals surface area contributed by atoms with Gasteiger partial charge in [0.15, 0.2) is 0 Å². The zero-order valence-electron chi connectivity index (χ0n) is 9.76. The molecule has 2 aromatic heterocycles. The van der Waals surface area contributed by atoms with E-state index in [0.717, 1.165) is 24.2 Å². The quantitative estimate of drug-likeness (QED) is 0.853. The van der Waals surface area contributed by atoms with Crippen molar-refractivity contribution in [2.75, 3.05) is 18.0 Å². The molecule has 0 aliphatic carbocycles. The summed E-state index contributed by atoms with van der Waals surface area (Å²) >= 11 is 0. The van der Waals surface area contributed by atoms with Crippen molar-refractivity contribution in [2.45, 2.75) is 12.8 Å². The number of hydrogen-bond donors (Lipinski definition) is 1. The lowest BCUT2D eigenvalue weighted by Crippen LogP contribution is -2.17. The van der Waals surface area contributed by atoms with Crippen LogP contribution in [0.5, 0.6) is 0 Å². The molecule has 1 aliphatic rings. The number of nitrogens with two attached hydrogens (primary N) is 1. The zero-order valence-corrected chi connectivity index (χ0v) is 9.76. The van der Waals surface area contributed by atoms with Gasteiger partial charge in [-0.25, -0.2) is 4.52 Å². The van der Waals surface area contributed by atoms with Crippen molar-refractivity contribution >= 4 is 16.9 Å². The molecule has 0 radical (unpaired) electrons. The third-order valence-corrected chi connectivity index (χ3v) is 3.32. The van der Waals surface area contributed by atoms with Gasteiger partial charge in [-0.15, -0.1) is 0 Å². The van der Waals surface area contributed by atoms with E-state index < -0.39 is 0 Å². The molecule has 2 N–H and O–H groups in total. The molecule has 0 atom stereocenters. The van der Waals surface area contributed by atoms with E-state index in [1.165, 1.54) is 18.5 Å². The number of fused-ring (bicyclic) bond motifs is 1. The highest BCUT2D eigenvalue weighted by Gasteiger charge is 2.14. The van der Waals surface area contributed by atoms with Crippen LogP contribution < -0.4 is 10.6 Å². The van der Waals surface area contributed by atoms with Crippen LogP contribution in [0.3, 0.4) is 0 Å². The van der Waals surface area contributed by atoms with Gasteiger partial charge in [-0.05, 0) is 25.0 Å². The minimum Gasteiger partial charge on any atom is -0.399 e. The summed E-state index contributed by atoms with van der Waals surface area (Å²) in [6.07, 6.45) is 6.31. The molecule has 0 amide bonds. The molecule has 0 spiro atoms. The van der Waals surface area contributed by atoms with Crippen LogP contribution in [0.2, 0.25) is 0 Å². The lowest BCUT2D eigenvalue weighted by molar-refractivity contribution is 0.936. The summed E-state index contributed by atoms with van der Waals surface area (Å²) in [5.41, 5.74) is 9.53. The normalized spacial score (nSPS) is 15.6. The average Bonchev–Trinajstić information content (AvgIpc) is 2.97. The van der Waals surface area contributed by atoms with Crippen molar-refractivity contribution in [3.63, 3.8) is 0 Å². The Hall–Kier alpha value is -1.97. The Balaban J connectivity index is 2.09. The van der Waals surface area contributed by atoms with Gasteiger partial charge in [0, 0.05) is 36.2 Å². The molecule has 17 heavy (non-hydrogen) atoms. The van der Waals surface area contributed by atoms with Crippen molar-refractivity contribution in [1.29, 1.82) is 0 Å². The molecule has 2 aromatic rings. The van der Waals surface area contributed by atoms with E-state index in [1.54, 1.807) is 6.20 Å². The smallest absolute Gasteiger partial charge is 0.0775 e. The van der Waals surface area contributed by atoms with Crippen LogP contribution in [-0.2, 0) is 0 Å². The fraction of sp³-hybridized carbons (Fsp3) is 0.308. The van der Waals surface area contributed by atoms with Crippen molar-refractivity contribution in [3.05, 3.63) is 36.7 Å². The number of anilines is 1. The molecular weight excluding hydrogens is 212 g/mol. The first-order valence-electron chi connectivity index (χ1n) is 5.93. The van der Waals surface area contributed by atoms with Crippen LogP contribution in [0.15, 0.2) is 31.1 Å². The number of hydrogen-bond acceptors (Lipinski definition) is 3. The van der Waals surface area contributed by atoms with Crippen LogP contribution >= 0.6 is 0 Å². The molecule has 1 saturated heterocycles. The summed E-state index contributed by atoms with van der Waals surface area (Å²) < 4.78 is 1.84. The average molecular weight is 228 g/mol. The minimum absolute atomic E-state index is 0.568. The summed E-state index contributed by atoms with van der Waals surface area (Å²) in [5, 5.41) is 4.26. The molecule has 4 heteroatoms. The third kappa shape index (κ3) is 1.65. The van der Waals surface area contributed by atoms with Crippen LogP contribution in [0, 0.1) is 0 Å². The molecule has 0 unspecified atom stereocenters. The molecular formula is C13H16N4. The number of rotatable bonds is 2. The first kappa shape index (κ1) is 10.2. The van der Waals surface area contributed by atoms with Gasteiger partial charge >= 0.3 is 0 Å². The number of pyridine rings is 1. The van der Waals surface area contributed by atoms with Gasteiger partial charge in [-0.3, -0.25) is 0 Å². The molecule has 1 aliphatic heterocycles. The van der Waals surface area contributed by atoms with Crippen LogP contribution in [-0.4, -0.2) is 22.7 Å². The number of aromatic nitrogens is 2. The second-order valence-electron chi connectivity index (χ2n) is 4.49. The summed E-state index contributed by atoms with van der Waals surface area (Å²) in [4.78, 5) is 2.40. The van der Waals surface area contributed by atoms with Gasteiger partial charge < -0.3 is 10.6 Å². The Labute approximate surface area is 100 Å². The van der Waals surface area contributed by atoms with E-state index in [9.17, 15) is 0 Å². The Morgan fingerprint density at radius 1 is 1.35 bits per heavy atom. The summed E-state index contributed by atoms with van der Waals surface area (Å²) in [6, 6.07) is 4.25. The van der Waals surface area contributed by atoms with E-state index in [0.29, 0.717) is 5.70 Å². The van der Waals surface area contributed by atoms with Crippen molar-refractivity contribution in [3.8, 4) is 0 Å². The minimum atomic E-state index is 0.568. The van der Waals surface area contributed by atoms with Gasteiger partial charge in [-0.2, -0.15) is 5.10 Å². The van der Waals surface area contributed by atoms with Gasteiger partial charge in [0.25, 0.3) is 0 Å². The van der Waals surface area contributed by atoms with E-state index in [-0.39, 0.29) is 0 Å². The lowest BCUT2D eigenvalue weighted by Gasteiger charge is -2.17. The highest BCUT2D eigenvalue weighted by atomic mass is 15.2. The maximum Gasteiger partial charge on any atom is 0.0775 e. The molecule has 3 heterocycles. The molecule has 0 saturated carbocycles. The summed E-state index contributed by atoms with van der Waals surface area (Å²) in [5.74, 6) is 0. The second kappa shape index (κ2) is 3.80. The monoisotopic (exact) mass is 228 g/mol. The van der Waals surface area contributed by atoms with Gasteiger partial charge in [0.05, 0.1) is 11.7 Å². The van der Waals surface area contributed by atoms with E-state index in [4.69, 9.17) is 5.73 Å². The van der Waals surface area contributed by atoms with E-state index >= 15 is 0 Å². The predicted molar refractivity (Wildman–Crippen MR) is 69.9 cm³/mol. The molecule has 88 valence electrons. The molecule has 1 fully saturated rings. The van der Waals surface area contributed by atoms with Crippen LogP contribution in [0.4, 0.5) is 5.69 Å². The van der Waals surface area contributed by atoms with Crippen molar-refractivity contribution in [2.24, 2.45) is 5.73 Å². The Morgan fingerprint density at radius 2 is 2.12 bits per heavy atom. The highest BCUT2D eigenvalue weighted by molar-refractivity contribution is 5.77. The Kier molecular flexibility index (Phi) is 2.28. The lowest BCUT2D eigenvalue weighted by atomic mass is 10.2. The highest BCUT2D eigenvalue weighted by Crippen LogP contribution is 2.24. The first-order valence-corrected chi connectivity index (χ1v) is 5.93. The molecule has 0 bridgehead atoms. The van der Waals surface area contributed by atoms with Crippen molar-refractivity contribution < 1.29 is 0 Å². The predicted octanol–water partition coefficient (Wildman–Crippen LogP) is 1.86. The van der Waals surface area contributed by atoms with Crippen LogP contribution in [0.25, 0.3) is 11.2 Å². The maximum atomic E-state index is 5.77. The fourth-order valence-electron chi connectivity index (χ4n) is 2.39. The molecule has 3 rings (SSSR count). The molecule has 4 nitrogen and oxygen atoms in total. The largest absolute Gasteiger partial charge is 0.399 e. The van der Waals surface area contributed by atoms with Crippen LogP contribution in [0.1, 0.15) is 18.4 Å². The molecule has 0 aromatic carbocycles. The fourth-order valence-corrected chi connectivity index (χ4v) is 2.39. The maximum absolute atomic E-state index is 5.77. The Morgan fingerprint density at radius 3 is 2.82 bits per heavy atom. The zero-order chi connectivity index (χ0) is 11.8. The van der Waals surface area contributed by atoms with Gasteiger partial charge in [0.1, 0.15) is 0 Å². The first-order chi connectivity index (χ1) is 8.25. The number of nitrogens with zero attached hydrogens (tertiary/aromatic N) is 3. The van der Waals surface area contributed by atoms with Crippen molar-refractivity contribution in [1.82, 2.24) is 9.61 Å². The van der Waals surface area contributed by atoms with Gasteiger partial charge in [-0.1, -0.05) is 6.58 Å². The standard InChI is InChI=1S/C13H16N4/c1-10(14)12-9-15-17-7-4-11(8-13(12)17)16-5-2-3-6-16/h4,7-9H,1-3,5-6,14H2.